The van der Waals surface area contributed by atoms with Crippen LogP contribution in [0.3, 0.4) is 0 Å². The number of rotatable bonds is 5. The lowest BCUT2D eigenvalue weighted by atomic mass is 9.87. The Balaban J connectivity index is 1.31. The normalized spacial score (nSPS) is 17.0. The second-order valence-electron chi connectivity index (χ2n) is 9.88. The fraction of sp³-hybridized carbons (Fsp3) is 0.344. The first-order chi connectivity index (χ1) is 18.1. The van der Waals surface area contributed by atoms with E-state index in [1.807, 2.05) is 24.0 Å². The zero-order valence-electron chi connectivity index (χ0n) is 21.5. The molecule has 5 heteroatoms. The highest BCUT2D eigenvalue weighted by molar-refractivity contribution is 5.83. The summed E-state index contributed by atoms with van der Waals surface area (Å²) in [6, 6.07) is 26.6. The van der Waals surface area contributed by atoms with E-state index >= 15 is 0 Å². The van der Waals surface area contributed by atoms with Crippen molar-refractivity contribution in [3.8, 4) is 11.1 Å². The first-order valence-electron chi connectivity index (χ1n) is 13.4. The lowest BCUT2D eigenvalue weighted by molar-refractivity contribution is 0.0724. The van der Waals surface area contributed by atoms with E-state index < -0.39 is 0 Å². The molecule has 0 unspecified atom stereocenters. The molecular formula is C32H35FN2O2. The number of carbonyl (C=O) groups excluding carboxylic acids is 1. The quantitative estimate of drug-likeness (QED) is 0.379. The van der Waals surface area contributed by atoms with Gasteiger partial charge in [0.05, 0.1) is 6.61 Å². The molecule has 0 aromatic heterocycles. The molecule has 2 saturated heterocycles. The van der Waals surface area contributed by atoms with Crippen LogP contribution in [0.25, 0.3) is 16.7 Å². The maximum absolute atomic E-state index is 13.4. The van der Waals surface area contributed by atoms with Gasteiger partial charge in [-0.1, -0.05) is 72.3 Å². The molecule has 192 valence electrons. The number of amides is 1. The van der Waals surface area contributed by atoms with Crippen molar-refractivity contribution in [2.24, 2.45) is 0 Å². The summed E-state index contributed by atoms with van der Waals surface area (Å²) >= 11 is 0. The summed E-state index contributed by atoms with van der Waals surface area (Å²) in [6.45, 7) is 5.93. The minimum Gasteiger partial charge on any atom is -0.450 e. The number of ether oxygens (including phenoxy) is 1. The van der Waals surface area contributed by atoms with Crippen molar-refractivity contribution in [2.45, 2.75) is 38.6 Å². The Kier molecular flexibility index (Phi) is 8.00. The molecule has 0 atom stereocenters. The van der Waals surface area contributed by atoms with Crippen LogP contribution in [0.2, 0.25) is 0 Å². The predicted molar refractivity (Wildman–Crippen MR) is 147 cm³/mol. The third kappa shape index (κ3) is 5.94. The molecule has 0 aliphatic carbocycles. The summed E-state index contributed by atoms with van der Waals surface area (Å²) in [5.74, 6) is -0.215. The molecule has 0 saturated carbocycles. The molecule has 1 amide bonds. The average molecular weight is 499 g/mol. The summed E-state index contributed by atoms with van der Waals surface area (Å²) in [5.41, 5.74) is 7.42. The van der Waals surface area contributed by atoms with Crippen LogP contribution in [0.4, 0.5) is 9.18 Å². The third-order valence-corrected chi connectivity index (χ3v) is 7.68. The van der Waals surface area contributed by atoms with Gasteiger partial charge in [0.25, 0.3) is 0 Å². The maximum atomic E-state index is 13.4. The molecule has 3 aromatic carbocycles. The molecule has 0 N–H and O–H groups in total. The number of halogens is 1. The van der Waals surface area contributed by atoms with Crippen LogP contribution in [-0.2, 0) is 4.74 Å². The maximum Gasteiger partial charge on any atom is 0.409 e. The summed E-state index contributed by atoms with van der Waals surface area (Å²) in [5, 5.41) is 0. The molecule has 37 heavy (non-hydrogen) atoms. The van der Waals surface area contributed by atoms with Crippen LogP contribution in [-0.4, -0.2) is 54.7 Å². The van der Waals surface area contributed by atoms with E-state index in [0.717, 1.165) is 63.0 Å². The molecular weight excluding hydrogens is 463 g/mol. The molecule has 2 heterocycles. The number of hydrogen-bond acceptors (Lipinski definition) is 3. The van der Waals surface area contributed by atoms with E-state index in [1.54, 1.807) is 0 Å². The Morgan fingerprint density at radius 2 is 1.38 bits per heavy atom. The minimum absolute atomic E-state index is 0.178. The van der Waals surface area contributed by atoms with Crippen molar-refractivity contribution in [3.63, 3.8) is 0 Å². The van der Waals surface area contributed by atoms with Gasteiger partial charge in [-0.25, -0.2) is 9.18 Å². The Bertz CT molecular complexity index is 1200. The number of carbonyl (C=O) groups is 1. The Labute approximate surface area is 219 Å². The molecule has 0 radical (unpaired) electrons. The van der Waals surface area contributed by atoms with E-state index in [9.17, 15) is 9.18 Å². The molecule has 2 aliphatic heterocycles. The second-order valence-corrected chi connectivity index (χ2v) is 9.88. The second kappa shape index (κ2) is 11.7. The van der Waals surface area contributed by atoms with Gasteiger partial charge in [-0.3, -0.25) is 4.90 Å². The van der Waals surface area contributed by atoms with Crippen LogP contribution in [0.15, 0.2) is 84.4 Å². The number of hydrogen-bond donors (Lipinski definition) is 0. The average Bonchev–Trinajstić information content (AvgIpc) is 2.95. The predicted octanol–water partition coefficient (Wildman–Crippen LogP) is 7.01. The zero-order valence-corrected chi connectivity index (χ0v) is 21.5. The smallest absolute Gasteiger partial charge is 0.409 e. The van der Waals surface area contributed by atoms with Gasteiger partial charge in [0.1, 0.15) is 5.82 Å². The van der Waals surface area contributed by atoms with Crippen molar-refractivity contribution >= 4 is 11.7 Å². The molecule has 0 spiro atoms. The minimum atomic E-state index is -0.215. The Hall–Kier alpha value is -3.44. The van der Waals surface area contributed by atoms with Crippen molar-refractivity contribution < 1.29 is 13.9 Å². The lowest BCUT2D eigenvalue weighted by Crippen LogP contribution is -2.48. The highest BCUT2D eigenvalue weighted by Crippen LogP contribution is 2.34. The molecule has 2 fully saturated rings. The van der Waals surface area contributed by atoms with Crippen LogP contribution in [0, 0.1) is 5.82 Å². The zero-order chi connectivity index (χ0) is 25.6. The van der Waals surface area contributed by atoms with Gasteiger partial charge in [-0.2, -0.15) is 0 Å². The first-order valence-corrected chi connectivity index (χ1v) is 13.4. The van der Waals surface area contributed by atoms with Crippen LogP contribution in [0.1, 0.15) is 43.7 Å². The molecule has 5 rings (SSSR count). The molecule has 0 bridgehead atoms. The number of benzene rings is 3. The number of nitrogens with zero attached hydrogens (tertiary/aromatic N) is 2. The Morgan fingerprint density at radius 1 is 0.811 bits per heavy atom. The summed E-state index contributed by atoms with van der Waals surface area (Å²) < 4.78 is 18.5. The van der Waals surface area contributed by atoms with Gasteiger partial charge in [0.15, 0.2) is 0 Å². The van der Waals surface area contributed by atoms with Crippen molar-refractivity contribution in [1.29, 1.82) is 0 Å². The largest absolute Gasteiger partial charge is 0.450 e. The highest BCUT2D eigenvalue weighted by atomic mass is 19.1. The lowest BCUT2D eigenvalue weighted by Gasteiger charge is -2.40. The van der Waals surface area contributed by atoms with E-state index in [-0.39, 0.29) is 11.9 Å². The molecule has 4 nitrogen and oxygen atoms in total. The van der Waals surface area contributed by atoms with Crippen LogP contribution >= 0.6 is 0 Å². The molecule has 3 aromatic rings. The number of likely N-dealkylation sites (tertiary alicyclic amines) is 2. The van der Waals surface area contributed by atoms with Crippen molar-refractivity contribution in [3.05, 3.63) is 101 Å². The monoisotopic (exact) mass is 498 g/mol. The first kappa shape index (κ1) is 25.2. The number of piperidine rings is 2. The van der Waals surface area contributed by atoms with E-state index in [0.29, 0.717) is 12.6 Å². The van der Waals surface area contributed by atoms with Crippen LogP contribution < -0.4 is 0 Å². The van der Waals surface area contributed by atoms with Gasteiger partial charge in [0, 0.05) is 32.2 Å². The van der Waals surface area contributed by atoms with Crippen molar-refractivity contribution in [2.75, 3.05) is 32.8 Å². The topological polar surface area (TPSA) is 32.8 Å². The van der Waals surface area contributed by atoms with Gasteiger partial charge in [-0.05, 0) is 72.6 Å². The fourth-order valence-electron chi connectivity index (χ4n) is 5.69. The van der Waals surface area contributed by atoms with Gasteiger partial charge in [0.2, 0.25) is 0 Å². The van der Waals surface area contributed by atoms with Gasteiger partial charge in [-0.15, -0.1) is 0 Å². The standard InChI is InChI=1S/C32H35FN2O2/c1-2-37-32(36)35-22-18-30(19-23-35)34-20-16-28(17-21-34)31(26-6-4-3-5-7-26)27-10-8-24(9-11-27)25-12-14-29(33)15-13-25/h3-15,30H,2,16-23H2,1H3. The van der Waals surface area contributed by atoms with E-state index in [1.165, 1.54) is 34.4 Å². The SMILES string of the molecule is CCOC(=O)N1CCC(N2CCC(=C(c3ccccc3)c3ccc(-c4ccc(F)cc4)cc3)CC2)CC1. The summed E-state index contributed by atoms with van der Waals surface area (Å²) in [4.78, 5) is 16.5. The highest BCUT2D eigenvalue weighted by Gasteiger charge is 2.29. The third-order valence-electron chi connectivity index (χ3n) is 7.68. The summed E-state index contributed by atoms with van der Waals surface area (Å²) in [7, 11) is 0. The van der Waals surface area contributed by atoms with Crippen molar-refractivity contribution in [1.82, 2.24) is 9.80 Å². The van der Waals surface area contributed by atoms with Crippen LogP contribution in [0.5, 0.6) is 0 Å². The fourth-order valence-corrected chi connectivity index (χ4v) is 5.69. The molecule has 2 aliphatic rings. The van der Waals surface area contributed by atoms with E-state index in [2.05, 4.69) is 59.5 Å². The van der Waals surface area contributed by atoms with Gasteiger partial charge < -0.3 is 9.64 Å². The summed E-state index contributed by atoms with van der Waals surface area (Å²) in [6.07, 6.45) is 3.93. The van der Waals surface area contributed by atoms with Gasteiger partial charge >= 0.3 is 6.09 Å². The van der Waals surface area contributed by atoms with E-state index in [4.69, 9.17) is 4.74 Å². The Morgan fingerprint density at radius 3 is 1.97 bits per heavy atom.